The highest BCUT2D eigenvalue weighted by atomic mass is 32.1. The van der Waals surface area contributed by atoms with Crippen molar-refractivity contribution in [1.29, 1.82) is 0 Å². The van der Waals surface area contributed by atoms with Gasteiger partial charge in [0.15, 0.2) is 17.4 Å². The smallest absolute Gasteiger partial charge is 0.358 e. The number of rotatable bonds is 10. The second-order valence-electron chi connectivity index (χ2n) is 6.47. The summed E-state index contributed by atoms with van der Waals surface area (Å²) in [6.07, 6.45) is 0. The van der Waals surface area contributed by atoms with Gasteiger partial charge < -0.3 is 20.1 Å². The number of hydrogen-bond donors (Lipinski definition) is 2. The van der Waals surface area contributed by atoms with E-state index in [1.165, 1.54) is 11.3 Å². The van der Waals surface area contributed by atoms with Crippen molar-refractivity contribution in [1.82, 2.24) is 10.3 Å². The number of anilines is 1. The first kappa shape index (κ1) is 21.3. The fourth-order valence-corrected chi connectivity index (χ4v) is 3.22. The number of esters is 1. The molecule has 1 heterocycles. The van der Waals surface area contributed by atoms with Gasteiger partial charge in [0.05, 0.1) is 6.54 Å². The predicted octanol–water partition coefficient (Wildman–Crippen LogP) is 3.42. The van der Waals surface area contributed by atoms with Gasteiger partial charge in [0, 0.05) is 11.9 Å². The standard InChI is InChI=1S/C22H23N3O4S/c1-16-6-5-9-18(12-16)28-11-10-23-20(26)14-29-21(27)19-15-30-22(25-19)24-13-17-7-3-2-4-8-17/h2-9,12,15H,10-11,13-14H2,1H3,(H,23,26)(H,24,25). The summed E-state index contributed by atoms with van der Waals surface area (Å²) in [4.78, 5) is 28.1. The Morgan fingerprint density at radius 3 is 2.73 bits per heavy atom. The molecular formula is C22H23N3O4S. The number of aromatic nitrogens is 1. The maximum atomic E-state index is 12.1. The Bertz CT molecular complexity index is 975. The fraction of sp³-hybridized carbons (Fsp3) is 0.227. The minimum Gasteiger partial charge on any atom is -0.492 e. The van der Waals surface area contributed by atoms with Crippen LogP contribution in [0.15, 0.2) is 60.0 Å². The molecule has 0 atom stereocenters. The van der Waals surface area contributed by atoms with Crippen LogP contribution in [0.4, 0.5) is 5.13 Å². The molecule has 156 valence electrons. The Hall–Kier alpha value is -3.39. The first-order chi connectivity index (χ1) is 14.6. The van der Waals surface area contributed by atoms with Crippen molar-refractivity contribution < 1.29 is 19.1 Å². The number of ether oxygens (including phenoxy) is 2. The van der Waals surface area contributed by atoms with Crippen LogP contribution in [0.25, 0.3) is 0 Å². The van der Waals surface area contributed by atoms with Gasteiger partial charge in [-0.3, -0.25) is 4.79 Å². The van der Waals surface area contributed by atoms with Crippen molar-refractivity contribution >= 4 is 28.3 Å². The molecule has 7 nitrogen and oxygen atoms in total. The number of carbonyl (C=O) groups excluding carboxylic acids is 2. The van der Waals surface area contributed by atoms with E-state index in [4.69, 9.17) is 9.47 Å². The van der Waals surface area contributed by atoms with Crippen LogP contribution in [0.1, 0.15) is 21.6 Å². The lowest BCUT2D eigenvalue weighted by atomic mass is 10.2. The summed E-state index contributed by atoms with van der Waals surface area (Å²) in [5.74, 6) is -0.282. The van der Waals surface area contributed by atoms with Crippen LogP contribution in [0.2, 0.25) is 0 Å². The molecule has 30 heavy (non-hydrogen) atoms. The molecule has 0 aliphatic heterocycles. The van der Waals surface area contributed by atoms with Crippen molar-refractivity contribution in [2.45, 2.75) is 13.5 Å². The predicted molar refractivity (Wildman–Crippen MR) is 116 cm³/mol. The van der Waals surface area contributed by atoms with Crippen LogP contribution in [-0.4, -0.2) is 36.6 Å². The minimum absolute atomic E-state index is 0.172. The van der Waals surface area contributed by atoms with Crippen LogP contribution >= 0.6 is 11.3 Å². The van der Waals surface area contributed by atoms with E-state index < -0.39 is 11.9 Å². The fourth-order valence-electron chi connectivity index (χ4n) is 2.54. The first-order valence-corrected chi connectivity index (χ1v) is 10.3. The number of benzene rings is 2. The van der Waals surface area contributed by atoms with Gasteiger partial charge in [-0.15, -0.1) is 11.3 Å². The molecule has 0 fully saturated rings. The largest absolute Gasteiger partial charge is 0.492 e. The number of hydrogen-bond acceptors (Lipinski definition) is 7. The molecule has 2 N–H and O–H groups in total. The van der Waals surface area contributed by atoms with Crippen molar-refractivity contribution in [2.24, 2.45) is 0 Å². The molecule has 0 bridgehead atoms. The van der Waals surface area contributed by atoms with Gasteiger partial charge in [0.2, 0.25) is 0 Å². The Kier molecular flexibility index (Phi) is 7.79. The van der Waals surface area contributed by atoms with Crippen LogP contribution in [0.3, 0.4) is 0 Å². The number of aryl methyl sites for hydroxylation is 1. The summed E-state index contributed by atoms with van der Waals surface area (Å²) in [6, 6.07) is 17.5. The molecule has 0 aliphatic carbocycles. The molecule has 1 amide bonds. The van der Waals surface area contributed by atoms with E-state index >= 15 is 0 Å². The number of thiazole rings is 1. The van der Waals surface area contributed by atoms with Gasteiger partial charge in [-0.2, -0.15) is 0 Å². The SMILES string of the molecule is Cc1cccc(OCCNC(=O)COC(=O)c2csc(NCc3ccccc3)n2)c1. The van der Waals surface area contributed by atoms with E-state index in [9.17, 15) is 9.59 Å². The molecule has 1 aromatic heterocycles. The van der Waals surface area contributed by atoms with Gasteiger partial charge >= 0.3 is 5.97 Å². The van der Waals surface area contributed by atoms with Gasteiger partial charge in [0.25, 0.3) is 5.91 Å². The highest BCUT2D eigenvalue weighted by molar-refractivity contribution is 7.13. The summed E-state index contributed by atoms with van der Waals surface area (Å²) in [6.45, 7) is 2.86. The van der Waals surface area contributed by atoms with E-state index in [0.29, 0.717) is 24.8 Å². The number of nitrogens with one attached hydrogen (secondary N) is 2. The average molecular weight is 426 g/mol. The summed E-state index contributed by atoms with van der Waals surface area (Å²) in [7, 11) is 0. The molecule has 0 spiro atoms. The molecule has 3 aromatic rings. The number of carbonyl (C=O) groups is 2. The summed E-state index contributed by atoms with van der Waals surface area (Å²) >= 11 is 1.31. The van der Waals surface area contributed by atoms with E-state index in [-0.39, 0.29) is 12.3 Å². The van der Waals surface area contributed by atoms with Crippen molar-refractivity contribution in [3.63, 3.8) is 0 Å². The minimum atomic E-state index is -0.634. The summed E-state index contributed by atoms with van der Waals surface area (Å²) in [5.41, 5.74) is 2.38. The highest BCUT2D eigenvalue weighted by Crippen LogP contribution is 2.17. The van der Waals surface area contributed by atoms with E-state index in [1.807, 2.05) is 61.5 Å². The zero-order valence-corrected chi connectivity index (χ0v) is 17.4. The zero-order valence-electron chi connectivity index (χ0n) is 16.6. The quantitative estimate of drug-likeness (QED) is 0.382. The number of nitrogens with zero attached hydrogens (tertiary/aromatic N) is 1. The monoisotopic (exact) mass is 425 g/mol. The highest BCUT2D eigenvalue weighted by Gasteiger charge is 2.14. The Morgan fingerprint density at radius 1 is 1.10 bits per heavy atom. The summed E-state index contributed by atoms with van der Waals surface area (Å²) < 4.78 is 10.6. The van der Waals surface area contributed by atoms with E-state index in [0.717, 1.165) is 16.9 Å². The Morgan fingerprint density at radius 2 is 1.93 bits per heavy atom. The summed E-state index contributed by atoms with van der Waals surface area (Å²) in [5, 5.41) is 8.02. The molecule has 0 saturated carbocycles. The maximum absolute atomic E-state index is 12.1. The topological polar surface area (TPSA) is 89.5 Å². The van der Waals surface area contributed by atoms with Gasteiger partial charge in [-0.25, -0.2) is 9.78 Å². The molecule has 0 saturated heterocycles. The molecule has 0 unspecified atom stereocenters. The third-order valence-corrected chi connectivity index (χ3v) is 4.82. The Labute approximate surface area is 179 Å². The molecule has 0 aliphatic rings. The first-order valence-electron chi connectivity index (χ1n) is 9.47. The Balaban J connectivity index is 1.33. The van der Waals surface area contributed by atoms with Crippen LogP contribution in [0, 0.1) is 6.92 Å². The third kappa shape index (κ3) is 6.89. The lowest BCUT2D eigenvalue weighted by Crippen LogP contribution is -2.32. The molecule has 3 rings (SSSR count). The average Bonchev–Trinajstić information content (AvgIpc) is 3.24. The molecular weight excluding hydrogens is 402 g/mol. The lowest BCUT2D eigenvalue weighted by molar-refractivity contribution is -0.124. The maximum Gasteiger partial charge on any atom is 0.358 e. The van der Waals surface area contributed by atoms with Crippen molar-refractivity contribution in [2.75, 3.05) is 25.1 Å². The zero-order chi connectivity index (χ0) is 21.2. The third-order valence-electron chi connectivity index (χ3n) is 4.02. The van der Waals surface area contributed by atoms with Crippen molar-refractivity contribution in [3.05, 3.63) is 76.8 Å². The van der Waals surface area contributed by atoms with Crippen molar-refractivity contribution in [3.8, 4) is 5.75 Å². The van der Waals surface area contributed by atoms with Crippen LogP contribution in [0.5, 0.6) is 5.75 Å². The second kappa shape index (κ2) is 11.0. The van der Waals surface area contributed by atoms with Crippen LogP contribution < -0.4 is 15.4 Å². The number of amides is 1. The molecule has 2 aromatic carbocycles. The normalized spacial score (nSPS) is 10.3. The van der Waals surface area contributed by atoms with E-state index in [2.05, 4.69) is 15.6 Å². The lowest BCUT2D eigenvalue weighted by Gasteiger charge is -2.08. The molecule has 8 heteroatoms. The van der Waals surface area contributed by atoms with Gasteiger partial charge in [-0.05, 0) is 30.2 Å². The molecule has 0 radical (unpaired) electrons. The van der Waals surface area contributed by atoms with Gasteiger partial charge in [0.1, 0.15) is 12.4 Å². The van der Waals surface area contributed by atoms with Gasteiger partial charge in [-0.1, -0.05) is 42.5 Å². The van der Waals surface area contributed by atoms with E-state index in [1.54, 1.807) is 5.38 Å². The van der Waals surface area contributed by atoms with Crippen LogP contribution in [-0.2, 0) is 16.1 Å². The second-order valence-corrected chi connectivity index (χ2v) is 7.33.